The minimum atomic E-state index is -2.43. The van der Waals surface area contributed by atoms with E-state index < -0.39 is 8.25 Å². The van der Waals surface area contributed by atoms with Gasteiger partial charge >= 0.3 is 8.25 Å². The lowest BCUT2D eigenvalue weighted by molar-refractivity contribution is 0.149. The van der Waals surface area contributed by atoms with Crippen LogP contribution in [-0.2, 0) is 9.09 Å². The van der Waals surface area contributed by atoms with E-state index >= 15 is 0 Å². The molecule has 0 rings (SSSR count). The Bertz CT molecular complexity index is 116. The van der Waals surface area contributed by atoms with Crippen LogP contribution in [-0.4, -0.2) is 11.0 Å². The minimum absolute atomic E-state index is 0.126. The summed E-state index contributed by atoms with van der Waals surface area (Å²) in [6.07, 6.45) is 0.836. The summed E-state index contributed by atoms with van der Waals surface area (Å²) in [4.78, 5) is 8.35. The molecule has 0 radical (unpaired) electrons. The fourth-order valence-electron chi connectivity index (χ4n) is 0.578. The van der Waals surface area contributed by atoms with Crippen molar-refractivity contribution in [2.75, 3.05) is 0 Å². The Morgan fingerprint density at radius 3 is 2.40 bits per heavy atom. The molecular formula is C6H14O3P+. The van der Waals surface area contributed by atoms with Gasteiger partial charge in [0, 0.05) is 4.57 Å². The molecular weight excluding hydrogens is 151 g/mol. The zero-order valence-corrected chi connectivity index (χ0v) is 7.47. The SMILES string of the molecule is CCC(C)C(C)O[P+](=O)O. The molecule has 4 heteroatoms. The highest BCUT2D eigenvalue weighted by Gasteiger charge is 2.22. The Hall–Kier alpha value is 0.0200. The van der Waals surface area contributed by atoms with Crippen molar-refractivity contribution in [3.8, 4) is 0 Å². The van der Waals surface area contributed by atoms with Gasteiger partial charge in [-0.1, -0.05) is 20.3 Å². The van der Waals surface area contributed by atoms with Gasteiger partial charge in [-0.2, -0.15) is 0 Å². The molecule has 0 aromatic carbocycles. The molecule has 1 N–H and O–H groups in total. The van der Waals surface area contributed by atoms with E-state index in [0.29, 0.717) is 5.92 Å². The average Bonchev–Trinajstić information content (AvgIpc) is 1.85. The molecule has 3 nitrogen and oxygen atoms in total. The van der Waals surface area contributed by atoms with E-state index in [9.17, 15) is 4.57 Å². The van der Waals surface area contributed by atoms with Gasteiger partial charge in [-0.3, -0.25) is 0 Å². The standard InChI is InChI=1S/C6H13O3P/c1-4-5(2)6(3)9-10(7)8/h5-6H,4H2,1-3H3/p+1. The second-order valence-corrected chi connectivity index (χ2v) is 3.12. The quantitative estimate of drug-likeness (QED) is 0.649. The molecule has 0 saturated carbocycles. The van der Waals surface area contributed by atoms with Crippen LogP contribution >= 0.6 is 8.25 Å². The number of hydrogen-bond acceptors (Lipinski definition) is 2. The van der Waals surface area contributed by atoms with Gasteiger partial charge in [0.05, 0.1) is 0 Å². The molecule has 0 saturated heterocycles. The molecule has 0 aliphatic heterocycles. The van der Waals surface area contributed by atoms with E-state index in [2.05, 4.69) is 4.52 Å². The van der Waals surface area contributed by atoms with Gasteiger partial charge in [0.1, 0.15) is 6.10 Å². The van der Waals surface area contributed by atoms with Crippen molar-refractivity contribution in [3.05, 3.63) is 0 Å². The van der Waals surface area contributed by atoms with Gasteiger partial charge in [0.2, 0.25) is 0 Å². The number of hydrogen-bond donors (Lipinski definition) is 1. The summed E-state index contributed by atoms with van der Waals surface area (Å²) in [6.45, 7) is 5.82. The van der Waals surface area contributed by atoms with Crippen LogP contribution < -0.4 is 0 Å². The lowest BCUT2D eigenvalue weighted by Crippen LogP contribution is -2.13. The van der Waals surface area contributed by atoms with Crippen LogP contribution in [0.5, 0.6) is 0 Å². The first-order valence-corrected chi connectivity index (χ1v) is 4.53. The molecule has 0 amide bonds. The van der Waals surface area contributed by atoms with E-state index in [0.717, 1.165) is 6.42 Å². The van der Waals surface area contributed by atoms with Crippen molar-refractivity contribution >= 4 is 8.25 Å². The summed E-state index contributed by atoms with van der Waals surface area (Å²) in [5.41, 5.74) is 0. The van der Waals surface area contributed by atoms with Crippen molar-refractivity contribution in [3.63, 3.8) is 0 Å². The van der Waals surface area contributed by atoms with E-state index in [1.165, 1.54) is 0 Å². The van der Waals surface area contributed by atoms with Gasteiger partial charge in [0.15, 0.2) is 0 Å². The van der Waals surface area contributed by atoms with E-state index in [4.69, 9.17) is 4.89 Å². The van der Waals surface area contributed by atoms with Gasteiger partial charge in [0.25, 0.3) is 0 Å². The number of rotatable bonds is 4. The summed E-state index contributed by atoms with van der Waals surface area (Å²) in [7, 11) is -2.43. The third-order valence-electron chi connectivity index (χ3n) is 1.70. The second kappa shape index (κ2) is 4.78. The van der Waals surface area contributed by atoms with Crippen molar-refractivity contribution in [2.45, 2.75) is 33.3 Å². The predicted molar refractivity (Wildman–Crippen MR) is 39.8 cm³/mol. The molecule has 0 heterocycles. The third-order valence-corrected chi connectivity index (χ3v) is 2.21. The molecule has 0 fully saturated rings. The van der Waals surface area contributed by atoms with Crippen molar-refractivity contribution in [1.29, 1.82) is 0 Å². The normalized spacial score (nSPS) is 18.2. The molecule has 0 aliphatic carbocycles. The maximum Gasteiger partial charge on any atom is 0.694 e. The van der Waals surface area contributed by atoms with Gasteiger partial charge < -0.3 is 0 Å². The first-order valence-electron chi connectivity index (χ1n) is 3.40. The first kappa shape index (κ1) is 10.0. The average molecular weight is 165 g/mol. The van der Waals surface area contributed by atoms with Crippen molar-refractivity contribution < 1.29 is 14.0 Å². The zero-order valence-electron chi connectivity index (χ0n) is 6.57. The molecule has 3 unspecified atom stereocenters. The van der Waals surface area contributed by atoms with Gasteiger partial charge in [-0.15, -0.1) is 9.42 Å². The van der Waals surface area contributed by atoms with E-state index in [1.807, 2.05) is 13.8 Å². The van der Waals surface area contributed by atoms with Crippen LogP contribution in [0.15, 0.2) is 0 Å². The first-order chi connectivity index (χ1) is 4.57. The zero-order chi connectivity index (χ0) is 8.15. The van der Waals surface area contributed by atoms with E-state index in [-0.39, 0.29) is 6.10 Å². The Morgan fingerprint density at radius 1 is 1.60 bits per heavy atom. The smallest absolute Gasteiger partial charge is 0.133 e. The second-order valence-electron chi connectivity index (χ2n) is 2.43. The lowest BCUT2D eigenvalue weighted by Gasteiger charge is -2.09. The van der Waals surface area contributed by atoms with Gasteiger partial charge in [-0.05, 0) is 12.8 Å². The molecule has 0 spiro atoms. The Kier molecular flexibility index (Phi) is 4.79. The summed E-state index contributed by atoms with van der Waals surface area (Å²) in [6, 6.07) is 0. The van der Waals surface area contributed by atoms with Crippen LogP contribution in [0.2, 0.25) is 0 Å². The fourth-order valence-corrected chi connectivity index (χ4v) is 1.07. The molecule has 60 valence electrons. The Balaban J connectivity index is 3.61. The third kappa shape index (κ3) is 3.94. The summed E-state index contributed by atoms with van der Waals surface area (Å²) in [5.74, 6) is 0.339. The molecule has 3 atom stereocenters. The molecule has 0 aromatic rings. The van der Waals surface area contributed by atoms with Gasteiger partial charge in [-0.25, -0.2) is 0 Å². The topological polar surface area (TPSA) is 46.5 Å². The monoisotopic (exact) mass is 165 g/mol. The summed E-state index contributed by atoms with van der Waals surface area (Å²) in [5, 5.41) is 0. The molecule has 0 aliphatic rings. The highest BCUT2D eigenvalue weighted by Crippen LogP contribution is 2.23. The van der Waals surface area contributed by atoms with Crippen LogP contribution in [0, 0.1) is 5.92 Å². The highest BCUT2D eigenvalue weighted by atomic mass is 31.1. The van der Waals surface area contributed by atoms with Crippen LogP contribution in [0.1, 0.15) is 27.2 Å². The minimum Gasteiger partial charge on any atom is -0.133 e. The summed E-state index contributed by atoms with van der Waals surface area (Å²) >= 11 is 0. The Labute approximate surface area is 62.3 Å². The van der Waals surface area contributed by atoms with Crippen molar-refractivity contribution in [2.24, 2.45) is 5.92 Å². The highest BCUT2D eigenvalue weighted by molar-refractivity contribution is 7.32. The lowest BCUT2D eigenvalue weighted by atomic mass is 10.0. The van der Waals surface area contributed by atoms with E-state index in [1.54, 1.807) is 6.92 Å². The molecule has 0 aromatic heterocycles. The predicted octanol–water partition coefficient (Wildman–Crippen LogP) is 2.09. The molecule has 0 bridgehead atoms. The van der Waals surface area contributed by atoms with Crippen molar-refractivity contribution in [1.82, 2.24) is 0 Å². The largest absolute Gasteiger partial charge is 0.694 e. The maximum absolute atomic E-state index is 10.2. The van der Waals surface area contributed by atoms with Crippen LogP contribution in [0.25, 0.3) is 0 Å². The van der Waals surface area contributed by atoms with Crippen LogP contribution in [0.4, 0.5) is 0 Å². The maximum atomic E-state index is 10.2. The van der Waals surface area contributed by atoms with Crippen LogP contribution in [0.3, 0.4) is 0 Å². The molecule has 10 heavy (non-hydrogen) atoms. The Morgan fingerprint density at radius 2 is 2.10 bits per heavy atom. The summed E-state index contributed by atoms with van der Waals surface area (Å²) < 4.78 is 14.8. The fraction of sp³-hybridized carbons (Fsp3) is 1.00.